The lowest BCUT2D eigenvalue weighted by Crippen LogP contribution is -2.27. The number of carbonyl (C=O) groups excluding carboxylic acids is 1. The molecular weight excluding hydrogens is 191 g/mol. The Hall–Kier alpha value is -1.27. The maximum absolute atomic E-state index is 11.5. The standard InChI is InChI=1S/C5H6F3N3O2/c6-5(7,8)4(12)3-13-2-1-10-11-9/h1-3H2. The van der Waals surface area contributed by atoms with Crippen molar-refractivity contribution in [2.24, 2.45) is 5.11 Å². The highest BCUT2D eigenvalue weighted by atomic mass is 19.4. The number of hydrogen-bond acceptors (Lipinski definition) is 3. The molecule has 8 heteroatoms. The van der Waals surface area contributed by atoms with Crippen LogP contribution in [-0.2, 0) is 9.53 Å². The van der Waals surface area contributed by atoms with Gasteiger partial charge in [-0.25, -0.2) is 0 Å². The van der Waals surface area contributed by atoms with E-state index in [1.807, 2.05) is 0 Å². The molecular formula is C5H6F3N3O2. The van der Waals surface area contributed by atoms with E-state index in [1.54, 1.807) is 0 Å². The molecule has 0 aromatic carbocycles. The number of Topliss-reactive ketones (excluding diaryl/α,β-unsaturated/α-hetero) is 1. The van der Waals surface area contributed by atoms with Crippen molar-refractivity contribution in [3.05, 3.63) is 10.4 Å². The molecule has 0 aromatic rings. The summed E-state index contributed by atoms with van der Waals surface area (Å²) in [5.74, 6) is -1.95. The average Bonchev–Trinajstić information content (AvgIpc) is 2.02. The molecule has 0 rings (SSSR count). The molecule has 0 saturated heterocycles. The van der Waals surface area contributed by atoms with Gasteiger partial charge in [-0.1, -0.05) is 5.11 Å². The van der Waals surface area contributed by atoms with Crippen molar-refractivity contribution < 1.29 is 22.7 Å². The lowest BCUT2D eigenvalue weighted by molar-refractivity contribution is -0.175. The second kappa shape index (κ2) is 5.39. The molecule has 0 aliphatic carbocycles. The first-order valence-electron chi connectivity index (χ1n) is 3.17. The number of hydrogen-bond donors (Lipinski definition) is 0. The van der Waals surface area contributed by atoms with E-state index in [2.05, 4.69) is 14.8 Å². The van der Waals surface area contributed by atoms with E-state index in [0.717, 1.165) is 0 Å². The molecule has 13 heavy (non-hydrogen) atoms. The van der Waals surface area contributed by atoms with Gasteiger partial charge in [0.05, 0.1) is 6.61 Å². The van der Waals surface area contributed by atoms with Crippen molar-refractivity contribution in [2.45, 2.75) is 6.18 Å². The van der Waals surface area contributed by atoms with Gasteiger partial charge in [-0.05, 0) is 5.53 Å². The summed E-state index contributed by atoms with van der Waals surface area (Å²) < 4.78 is 38.8. The molecule has 0 spiro atoms. The zero-order valence-electron chi connectivity index (χ0n) is 6.41. The number of rotatable bonds is 5. The second-order valence-corrected chi connectivity index (χ2v) is 1.93. The van der Waals surface area contributed by atoms with Gasteiger partial charge in [0.2, 0.25) is 0 Å². The van der Waals surface area contributed by atoms with Gasteiger partial charge in [-0.15, -0.1) is 0 Å². The lowest BCUT2D eigenvalue weighted by Gasteiger charge is -2.04. The molecule has 0 bridgehead atoms. The van der Waals surface area contributed by atoms with E-state index >= 15 is 0 Å². The quantitative estimate of drug-likeness (QED) is 0.289. The molecule has 0 saturated carbocycles. The van der Waals surface area contributed by atoms with Crippen molar-refractivity contribution in [3.63, 3.8) is 0 Å². The zero-order valence-corrected chi connectivity index (χ0v) is 6.41. The molecule has 0 aliphatic rings. The van der Waals surface area contributed by atoms with Gasteiger partial charge in [0.25, 0.3) is 5.78 Å². The summed E-state index contributed by atoms with van der Waals surface area (Å²) in [6.45, 7) is -1.34. The predicted octanol–water partition coefficient (Wildman–Crippen LogP) is 1.44. The fourth-order valence-electron chi connectivity index (χ4n) is 0.397. The Morgan fingerprint density at radius 2 is 2.15 bits per heavy atom. The maximum atomic E-state index is 11.5. The summed E-state index contributed by atoms with van der Waals surface area (Å²) in [7, 11) is 0. The Kier molecular flexibility index (Phi) is 4.86. The summed E-state index contributed by atoms with van der Waals surface area (Å²) in [4.78, 5) is 12.5. The lowest BCUT2D eigenvalue weighted by atomic mass is 10.4. The SMILES string of the molecule is [N-]=[N+]=NCCOCC(=O)C(F)(F)F. The number of ketones is 1. The zero-order chi connectivity index (χ0) is 10.3. The van der Waals surface area contributed by atoms with Crippen LogP contribution in [0.5, 0.6) is 0 Å². The molecule has 0 heterocycles. The molecule has 0 aromatic heterocycles. The average molecular weight is 197 g/mol. The number of nitrogens with zero attached hydrogens (tertiary/aromatic N) is 3. The number of ether oxygens (including phenoxy) is 1. The monoisotopic (exact) mass is 197 g/mol. The van der Waals surface area contributed by atoms with E-state index in [4.69, 9.17) is 5.53 Å². The summed E-state index contributed by atoms with van der Waals surface area (Å²) in [5, 5.41) is 2.99. The van der Waals surface area contributed by atoms with Crippen LogP contribution < -0.4 is 0 Å². The van der Waals surface area contributed by atoms with Gasteiger partial charge in [0.1, 0.15) is 6.61 Å². The summed E-state index contributed by atoms with van der Waals surface area (Å²) in [5.41, 5.74) is 7.76. The highest BCUT2D eigenvalue weighted by molar-refractivity contribution is 5.85. The first-order chi connectivity index (χ1) is 5.98. The summed E-state index contributed by atoms with van der Waals surface area (Å²) in [6, 6.07) is 0. The Balaban J connectivity index is 3.54. The van der Waals surface area contributed by atoms with Crippen LogP contribution >= 0.6 is 0 Å². The molecule has 0 atom stereocenters. The minimum absolute atomic E-state index is 0.0956. The Bertz CT molecular complexity index is 222. The normalized spacial score (nSPS) is 10.7. The molecule has 0 unspecified atom stereocenters. The van der Waals surface area contributed by atoms with Crippen LogP contribution in [0.4, 0.5) is 13.2 Å². The third-order valence-electron chi connectivity index (χ3n) is 0.948. The highest BCUT2D eigenvalue weighted by Gasteiger charge is 2.37. The Morgan fingerprint density at radius 1 is 1.54 bits per heavy atom. The highest BCUT2D eigenvalue weighted by Crippen LogP contribution is 2.15. The fourth-order valence-corrected chi connectivity index (χ4v) is 0.397. The Morgan fingerprint density at radius 3 is 2.62 bits per heavy atom. The molecule has 0 amide bonds. The van der Waals surface area contributed by atoms with Crippen molar-refractivity contribution in [3.8, 4) is 0 Å². The predicted molar refractivity (Wildman–Crippen MR) is 35.9 cm³/mol. The molecule has 5 nitrogen and oxygen atoms in total. The summed E-state index contributed by atoms with van der Waals surface area (Å²) in [6.07, 6.45) is -4.86. The van der Waals surface area contributed by atoms with Crippen molar-refractivity contribution >= 4 is 5.78 Å². The van der Waals surface area contributed by atoms with Crippen LogP contribution in [0, 0.1) is 0 Å². The minimum atomic E-state index is -4.86. The Labute approximate surface area is 71.1 Å². The largest absolute Gasteiger partial charge is 0.452 e. The minimum Gasteiger partial charge on any atom is -0.373 e. The molecule has 0 fully saturated rings. The number of alkyl halides is 3. The maximum Gasteiger partial charge on any atom is 0.452 e. The van der Waals surface area contributed by atoms with Crippen LogP contribution in [-0.4, -0.2) is 31.7 Å². The van der Waals surface area contributed by atoms with Crippen LogP contribution in [0.25, 0.3) is 10.4 Å². The topological polar surface area (TPSA) is 75.1 Å². The van der Waals surface area contributed by atoms with Gasteiger partial charge in [0, 0.05) is 11.5 Å². The second-order valence-electron chi connectivity index (χ2n) is 1.93. The first kappa shape index (κ1) is 11.7. The number of azide groups is 1. The third kappa shape index (κ3) is 5.94. The van der Waals surface area contributed by atoms with E-state index in [-0.39, 0.29) is 13.2 Å². The van der Waals surface area contributed by atoms with Gasteiger partial charge in [-0.3, -0.25) is 4.79 Å². The van der Waals surface area contributed by atoms with Gasteiger partial charge in [0.15, 0.2) is 0 Å². The number of halogens is 3. The first-order valence-corrected chi connectivity index (χ1v) is 3.17. The van der Waals surface area contributed by atoms with Crippen LogP contribution in [0.15, 0.2) is 5.11 Å². The van der Waals surface area contributed by atoms with Crippen molar-refractivity contribution in [1.29, 1.82) is 0 Å². The molecule has 0 radical (unpaired) electrons. The van der Waals surface area contributed by atoms with E-state index < -0.39 is 18.6 Å². The van der Waals surface area contributed by atoms with E-state index in [0.29, 0.717) is 0 Å². The van der Waals surface area contributed by atoms with Gasteiger partial charge in [-0.2, -0.15) is 13.2 Å². The van der Waals surface area contributed by atoms with Crippen LogP contribution in [0.2, 0.25) is 0 Å². The smallest absolute Gasteiger partial charge is 0.373 e. The third-order valence-corrected chi connectivity index (χ3v) is 0.948. The van der Waals surface area contributed by atoms with Crippen molar-refractivity contribution in [2.75, 3.05) is 19.8 Å². The van der Waals surface area contributed by atoms with Gasteiger partial charge >= 0.3 is 6.18 Å². The van der Waals surface area contributed by atoms with E-state index in [9.17, 15) is 18.0 Å². The van der Waals surface area contributed by atoms with Crippen LogP contribution in [0.1, 0.15) is 0 Å². The summed E-state index contributed by atoms with van der Waals surface area (Å²) >= 11 is 0. The van der Waals surface area contributed by atoms with Crippen molar-refractivity contribution in [1.82, 2.24) is 0 Å². The molecule has 74 valence electrons. The molecule has 0 N–H and O–H groups in total. The number of carbonyl (C=O) groups is 1. The van der Waals surface area contributed by atoms with Gasteiger partial charge < -0.3 is 4.74 Å². The fraction of sp³-hybridized carbons (Fsp3) is 0.800. The van der Waals surface area contributed by atoms with E-state index in [1.165, 1.54) is 0 Å². The molecule has 0 aliphatic heterocycles. The van der Waals surface area contributed by atoms with Crippen LogP contribution in [0.3, 0.4) is 0 Å².